The third-order valence-corrected chi connectivity index (χ3v) is 4.06. The first kappa shape index (κ1) is 16.5. The number of esters is 1. The van der Waals surface area contributed by atoms with E-state index < -0.39 is 22.0 Å². The number of rotatable bonds is 7. The van der Waals surface area contributed by atoms with Crippen LogP contribution in [-0.4, -0.2) is 34.1 Å². The Bertz CT molecular complexity index is 538. The fraction of sp³-hybridized carbons (Fsp3) is 0.462. The smallest absolute Gasteiger partial charge is 0.323 e. The summed E-state index contributed by atoms with van der Waals surface area (Å²) in [6.07, 6.45) is 0.684. The standard InChI is InChI=1S/C13H19NO5S/c1-4-9-19-13(15)10(2)14-20(16,17)12-7-5-11(18-3)6-8-12/h5-8,10,14H,4,9H2,1-3H3/t10-/m0/s1. The van der Waals surface area contributed by atoms with Crippen LogP contribution >= 0.6 is 0 Å². The van der Waals surface area contributed by atoms with Crippen LogP contribution in [0.2, 0.25) is 0 Å². The minimum Gasteiger partial charge on any atom is -0.497 e. The topological polar surface area (TPSA) is 81.7 Å². The number of ether oxygens (including phenoxy) is 2. The number of methoxy groups -OCH3 is 1. The van der Waals surface area contributed by atoms with Crippen LogP contribution in [0.4, 0.5) is 0 Å². The van der Waals surface area contributed by atoms with Crippen molar-refractivity contribution in [2.45, 2.75) is 31.2 Å². The maximum absolute atomic E-state index is 12.1. The molecule has 6 nitrogen and oxygen atoms in total. The van der Waals surface area contributed by atoms with Crippen molar-refractivity contribution >= 4 is 16.0 Å². The first-order chi connectivity index (χ1) is 9.40. The van der Waals surface area contributed by atoms with Gasteiger partial charge < -0.3 is 9.47 Å². The van der Waals surface area contributed by atoms with Crippen LogP contribution in [0, 0.1) is 0 Å². The molecule has 0 radical (unpaired) electrons. The number of hydrogen-bond donors (Lipinski definition) is 1. The van der Waals surface area contributed by atoms with Gasteiger partial charge in [0.25, 0.3) is 0 Å². The SMILES string of the molecule is CCCOC(=O)[C@H](C)NS(=O)(=O)c1ccc(OC)cc1. The summed E-state index contributed by atoms with van der Waals surface area (Å²) in [6.45, 7) is 3.58. The third-order valence-electron chi connectivity index (χ3n) is 2.50. The zero-order valence-corrected chi connectivity index (χ0v) is 12.6. The molecule has 1 N–H and O–H groups in total. The Morgan fingerprint density at radius 2 is 1.90 bits per heavy atom. The Morgan fingerprint density at radius 3 is 2.40 bits per heavy atom. The van der Waals surface area contributed by atoms with Crippen LogP contribution in [0.3, 0.4) is 0 Å². The van der Waals surface area contributed by atoms with Crippen molar-refractivity contribution in [3.8, 4) is 5.75 Å². The third kappa shape index (κ3) is 4.50. The second-order valence-electron chi connectivity index (χ2n) is 4.19. The van der Waals surface area contributed by atoms with Gasteiger partial charge >= 0.3 is 5.97 Å². The summed E-state index contributed by atoms with van der Waals surface area (Å²) >= 11 is 0. The molecule has 0 saturated carbocycles. The predicted octanol–water partition coefficient (Wildman–Crippen LogP) is 1.32. The monoisotopic (exact) mass is 301 g/mol. The number of carbonyl (C=O) groups excluding carboxylic acids is 1. The zero-order chi connectivity index (χ0) is 15.2. The van der Waals surface area contributed by atoms with E-state index in [1.54, 1.807) is 0 Å². The summed E-state index contributed by atoms with van der Waals surface area (Å²) in [5.41, 5.74) is 0. The molecule has 1 atom stereocenters. The summed E-state index contributed by atoms with van der Waals surface area (Å²) in [5, 5.41) is 0. The van der Waals surface area contributed by atoms with Crippen LogP contribution in [0.15, 0.2) is 29.2 Å². The molecular weight excluding hydrogens is 282 g/mol. The molecule has 0 spiro atoms. The highest BCUT2D eigenvalue weighted by atomic mass is 32.2. The molecule has 0 aliphatic rings. The van der Waals surface area contributed by atoms with Gasteiger partial charge in [-0.15, -0.1) is 0 Å². The minimum absolute atomic E-state index is 0.0634. The number of hydrogen-bond acceptors (Lipinski definition) is 5. The molecule has 1 aromatic carbocycles. The van der Waals surface area contributed by atoms with E-state index >= 15 is 0 Å². The molecule has 0 bridgehead atoms. The van der Waals surface area contributed by atoms with Crippen molar-refractivity contribution in [2.75, 3.05) is 13.7 Å². The fourth-order valence-electron chi connectivity index (χ4n) is 1.43. The van der Waals surface area contributed by atoms with E-state index in [2.05, 4.69) is 4.72 Å². The molecule has 7 heteroatoms. The molecule has 0 aliphatic heterocycles. The lowest BCUT2D eigenvalue weighted by Gasteiger charge is -2.13. The zero-order valence-electron chi connectivity index (χ0n) is 11.8. The van der Waals surface area contributed by atoms with Crippen LogP contribution < -0.4 is 9.46 Å². The van der Waals surface area contributed by atoms with Gasteiger partial charge in [0.2, 0.25) is 10.0 Å². The highest BCUT2D eigenvalue weighted by Crippen LogP contribution is 2.15. The van der Waals surface area contributed by atoms with Crippen LogP contribution in [0.1, 0.15) is 20.3 Å². The van der Waals surface area contributed by atoms with E-state index in [1.807, 2.05) is 6.92 Å². The first-order valence-electron chi connectivity index (χ1n) is 6.23. The first-order valence-corrected chi connectivity index (χ1v) is 7.72. The Balaban J connectivity index is 2.75. The van der Waals surface area contributed by atoms with Gasteiger partial charge in [-0.1, -0.05) is 6.92 Å². The van der Waals surface area contributed by atoms with E-state index in [4.69, 9.17) is 9.47 Å². The van der Waals surface area contributed by atoms with Crippen LogP contribution in [-0.2, 0) is 19.6 Å². The van der Waals surface area contributed by atoms with E-state index in [0.29, 0.717) is 12.2 Å². The Hall–Kier alpha value is -1.60. The summed E-state index contributed by atoms with van der Waals surface area (Å²) in [5.74, 6) is -0.0386. The lowest BCUT2D eigenvalue weighted by molar-refractivity contribution is -0.145. The van der Waals surface area contributed by atoms with E-state index in [9.17, 15) is 13.2 Å². The van der Waals surface area contributed by atoms with Gasteiger partial charge in [-0.3, -0.25) is 4.79 Å². The van der Waals surface area contributed by atoms with Crippen molar-refractivity contribution in [3.05, 3.63) is 24.3 Å². The molecule has 0 saturated heterocycles. The second-order valence-corrected chi connectivity index (χ2v) is 5.90. The Labute approximate surface area is 119 Å². The van der Waals surface area contributed by atoms with Crippen molar-refractivity contribution < 1.29 is 22.7 Å². The average molecular weight is 301 g/mol. The highest BCUT2D eigenvalue weighted by molar-refractivity contribution is 7.89. The molecule has 0 fully saturated rings. The molecule has 0 unspecified atom stereocenters. The highest BCUT2D eigenvalue weighted by Gasteiger charge is 2.22. The van der Waals surface area contributed by atoms with Crippen molar-refractivity contribution in [2.24, 2.45) is 0 Å². The van der Waals surface area contributed by atoms with E-state index in [0.717, 1.165) is 0 Å². The largest absolute Gasteiger partial charge is 0.497 e. The van der Waals surface area contributed by atoms with E-state index in [1.165, 1.54) is 38.3 Å². The van der Waals surface area contributed by atoms with Crippen LogP contribution in [0.5, 0.6) is 5.75 Å². The quantitative estimate of drug-likeness (QED) is 0.768. The van der Waals surface area contributed by atoms with Crippen molar-refractivity contribution in [1.29, 1.82) is 0 Å². The molecule has 0 amide bonds. The average Bonchev–Trinajstić information content (AvgIpc) is 2.44. The number of carbonyl (C=O) groups is 1. The second kappa shape index (κ2) is 7.25. The summed E-state index contributed by atoms with van der Waals surface area (Å²) < 4.78 is 36.2. The van der Waals surface area contributed by atoms with Gasteiger partial charge in [-0.2, -0.15) is 4.72 Å². The Kier molecular flexibility index (Phi) is 5.97. The number of nitrogens with one attached hydrogen (secondary N) is 1. The molecule has 0 heterocycles. The molecule has 112 valence electrons. The Morgan fingerprint density at radius 1 is 1.30 bits per heavy atom. The molecular formula is C13H19NO5S. The maximum Gasteiger partial charge on any atom is 0.323 e. The van der Waals surface area contributed by atoms with Gasteiger partial charge in [-0.25, -0.2) is 8.42 Å². The van der Waals surface area contributed by atoms with Gasteiger partial charge in [0.05, 0.1) is 18.6 Å². The normalized spacial score (nSPS) is 12.8. The van der Waals surface area contributed by atoms with Gasteiger partial charge in [0, 0.05) is 0 Å². The minimum atomic E-state index is -3.76. The fourth-order valence-corrected chi connectivity index (χ4v) is 2.62. The lowest BCUT2D eigenvalue weighted by atomic mass is 10.3. The summed E-state index contributed by atoms with van der Waals surface area (Å²) in [6, 6.07) is 4.95. The molecule has 1 rings (SSSR count). The molecule has 20 heavy (non-hydrogen) atoms. The van der Waals surface area contributed by atoms with Crippen molar-refractivity contribution in [3.63, 3.8) is 0 Å². The van der Waals surface area contributed by atoms with Gasteiger partial charge in [0.15, 0.2) is 0 Å². The summed E-state index contributed by atoms with van der Waals surface area (Å²) in [7, 11) is -2.27. The lowest BCUT2D eigenvalue weighted by Crippen LogP contribution is -2.39. The number of sulfonamides is 1. The van der Waals surface area contributed by atoms with Crippen LogP contribution in [0.25, 0.3) is 0 Å². The predicted molar refractivity (Wildman–Crippen MR) is 74.0 cm³/mol. The molecule has 0 aromatic heterocycles. The van der Waals surface area contributed by atoms with Gasteiger partial charge in [-0.05, 0) is 37.6 Å². The maximum atomic E-state index is 12.1. The molecule has 0 aliphatic carbocycles. The van der Waals surface area contributed by atoms with E-state index in [-0.39, 0.29) is 11.5 Å². The van der Waals surface area contributed by atoms with Gasteiger partial charge in [0.1, 0.15) is 11.8 Å². The number of benzene rings is 1. The van der Waals surface area contributed by atoms with Crippen molar-refractivity contribution in [1.82, 2.24) is 4.72 Å². The molecule has 1 aromatic rings. The summed E-state index contributed by atoms with van der Waals surface area (Å²) in [4.78, 5) is 11.6.